The van der Waals surface area contributed by atoms with Gasteiger partial charge in [-0.3, -0.25) is 14.5 Å². The third-order valence-electron chi connectivity index (χ3n) is 4.79. The summed E-state index contributed by atoms with van der Waals surface area (Å²) < 4.78 is 3.21. The van der Waals surface area contributed by atoms with Crippen LogP contribution in [0, 0.1) is 0 Å². The fraction of sp³-hybridized carbons (Fsp3) is 0.158. The molecule has 0 aliphatic rings. The lowest BCUT2D eigenvalue weighted by Crippen LogP contribution is -2.29. The lowest BCUT2D eigenvalue weighted by atomic mass is 10.2. The van der Waals surface area contributed by atoms with Gasteiger partial charge in [0.1, 0.15) is 12.2 Å². The van der Waals surface area contributed by atoms with Crippen LogP contribution in [-0.2, 0) is 6.54 Å². The molecular formula is C19H16ClN9O. The van der Waals surface area contributed by atoms with Crippen LogP contribution in [0.4, 0.5) is 5.82 Å². The van der Waals surface area contributed by atoms with Gasteiger partial charge in [0, 0.05) is 18.6 Å². The summed E-state index contributed by atoms with van der Waals surface area (Å²) in [5.41, 5.74) is 1.66. The zero-order chi connectivity index (χ0) is 20.7. The number of halogens is 1. The number of rotatable bonds is 5. The van der Waals surface area contributed by atoms with Gasteiger partial charge in [-0.15, -0.1) is 0 Å². The molecule has 150 valence electrons. The van der Waals surface area contributed by atoms with Crippen LogP contribution >= 0.6 is 11.6 Å². The van der Waals surface area contributed by atoms with Crippen LogP contribution < -0.4 is 10.9 Å². The second-order valence-corrected chi connectivity index (χ2v) is 7.15. The minimum absolute atomic E-state index is 0.225. The number of hydrogen-bond acceptors (Lipinski definition) is 7. The summed E-state index contributed by atoms with van der Waals surface area (Å²) in [6.45, 7) is 2.18. The molecule has 0 radical (unpaired) electrons. The van der Waals surface area contributed by atoms with E-state index in [4.69, 9.17) is 16.6 Å². The molecule has 0 spiro atoms. The van der Waals surface area contributed by atoms with E-state index in [1.807, 2.05) is 13.0 Å². The summed E-state index contributed by atoms with van der Waals surface area (Å²) in [6.07, 6.45) is 6.45. The predicted octanol–water partition coefficient (Wildman–Crippen LogP) is 2.43. The van der Waals surface area contributed by atoms with Crippen molar-refractivity contribution in [2.45, 2.75) is 19.5 Å². The van der Waals surface area contributed by atoms with Crippen LogP contribution in [0.3, 0.4) is 0 Å². The molecule has 1 atom stereocenters. The van der Waals surface area contributed by atoms with Crippen LogP contribution in [-0.4, -0.2) is 39.3 Å². The van der Waals surface area contributed by atoms with E-state index in [2.05, 4.69) is 30.6 Å². The standard InChI is InChI=1S/C19H16ClN9O/c1-11(25-16-18-21-7-8-29(18)24-10-22-16)17-26-14-4-2-3-13(20)15(14)19(30)28(17)9-12-5-6-23-27-12/h2-8,10-11H,9H2,1H3,(H,23,27)(H,22,24,25)/t11-/m0/s1. The summed E-state index contributed by atoms with van der Waals surface area (Å²) in [6, 6.07) is 6.68. The minimum atomic E-state index is -0.362. The number of hydrogen-bond donors (Lipinski definition) is 2. The SMILES string of the molecule is C[C@H](Nc1ncnn2ccnc12)c1nc2cccc(Cl)c2c(=O)n1Cc1ccn[nH]1. The monoisotopic (exact) mass is 421 g/mol. The Hall–Kier alpha value is -3.79. The molecule has 0 amide bonds. The third-order valence-corrected chi connectivity index (χ3v) is 5.10. The van der Waals surface area contributed by atoms with Crippen molar-refractivity contribution < 1.29 is 0 Å². The zero-order valence-electron chi connectivity index (χ0n) is 15.8. The molecule has 0 aliphatic heterocycles. The maximum absolute atomic E-state index is 13.4. The summed E-state index contributed by atoms with van der Waals surface area (Å²) in [5, 5.41) is 15.0. The van der Waals surface area contributed by atoms with Gasteiger partial charge in [0.15, 0.2) is 11.5 Å². The van der Waals surface area contributed by atoms with E-state index >= 15 is 0 Å². The maximum Gasteiger partial charge on any atom is 0.263 e. The van der Waals surface area contributed by atoms with E-state index in [1.54, 1.807) is 45.9 Å². The molecule has 1 aromatic carbocycles. The molecule has 30 heavy (non-hydrogen) atoms. The van der Waals surface area contributed by atoms with Crippen molar-refractivity contribution in [1.29, 1.82) is 0 Å². The van der Waals surface area contributed by atoms with Crippen molar-refractivity contribution in [3.63, 3.8) is 0 Å². The van der Waals surface area contributed by atoms with Gasteiger partial charge in [0.25, 0.3) is 5.56 Å². The van der Waals surface area contributed by atoms with E-state index in [0.29, 0.717) is 33.2 Å². The second kappa shape index (κ2) is 7.23. The summed E-state index contributed by atoms with van der Waals surface area (Å²) in [7, 11) is 0. The van der Waals surface area contributed by atoms with Gasteiger partial charge >= 0.3 is 0 Å². The Kier molecular flexibility index (Phi) is 4.40. The Morgan fingerprint density at radius 2 is 2.13 bits per heavy atom. The van der Waals surface area contributed by atoms with Crippen molar-refractivity contribution in [1.82, 2.24) is 39.3 Å². The topological polar surface area (TPSA) is 119 Å². The van der Waals surface area contributed by atoms with Crippen LogP contribution in [0.1, 0.15) is 24.5 Å². The Labute approximate surface area is 174 Å². The van der Waals surface area contributed by atoms with Crippen molar-refractivity contribution in [2.75, 3.05) is 5.32 Å². The highest BCUT2D eigenvalue weighted by Gasteiger charge is 2.20. The van der Waals surface area contributed by atoms with Crippen LogP contribution in [0.25, 0.3) is 16.6 Å². The van der Waals surface area contributed by atoms with Gasteiger partial charge in [-0.2, -0.15) is 10.2 Å². The van der Waals surface area contributed by atoms with Crippen LogP contribution in [0.5, 0.6) is 0 Å². The van der Waals surface area contributed by atoms with Gasteiger partial charge < -0.3 is 5.32 Å². The largest absolute Gasteiger partial charge is 0.357 e. The van der Waals surface area contributed by atoms with Crippen molar-refractivity contribution in [3.8, 4) is 0 Å². The molecule has 4 heterocycles. The van der Waals surface area contributed by atoms with E-state index < -0.39 is 0 Å². The smallest absolute Gasteiger partial charge is 0.263 e. The first-order valence-corrected chi connectivity index (χ1v) is 9.57. The second-order valence-electron chi connectivity index (χ2n) is 6.75. The molecule has 0 bridgehead atoms. The molecule has 0 aliphatic carbocycles. The molecule has 5 aromatic rings. The Morgan fingerprint density at radius 1 is 1.23 bits per heavy atom. The molecule has 2 N–H and O–H groups in total. The highest BCUT2D eigenvalue weighted by molar-refractivity contribution is 6.35. The number of aromatic amines is 1. The number of nitrogens with zero attached hydrogens (tertiary/aromatic N) is 7. The lowest BCUT2D eigenvalue weighted by molar-refractivity contribution is 0.630. The molecule has 11 heteroatoms. The van der Waals surface area contributed by atoms with Crippen LogP contribution in [0.2, 0.25) is 5.02 Å². The first kappa shape index (κ1) is 18.3. The number of fused-ring (bicyclic) bond motifs is 2. The average molecular weight is 422 g/mol. The Morgan fingerprint density at radius 3 is 2.97 bits per heavy atom. The van der Waals surface area contributed by atoms with Gasteiger partial charge in [-0.25, -0.2) is 19.5 Å². The van der Waals surface area contributed by atoms with Crippen molar-refractivity contribution >= 4 is 34.0 Å². The Balaban J connectivity index is 1.64. The number of nitrogens with one attached hydrogen (secondary N) is 2. The highest BCUT2D eigenvalue weighted by atomic mass is 35.5. The number of H-pyrrole nitrogens is 1. The van der Waals surface area contributed by atoms with Crippen molar-refractivity contribution in [3.05, 3.63) is 76.1 Å². The Bertz CT molecular complexity index is 1410. The van der Waals surface area contributed by atoms with E-state index in [1.165, 1.54) is 6.33 Å². The van der Waals surface area contributed by atoms with E-state index in [0.717, 1.165) is 5.69 Å². The summed E-state index contributed by atoms with van der Waals surface area (Å²) in [5.74, 6) is 1.07. The molecule has 4 aromatic heterocycles. The molecule has 0 saturated carbocycles. The van der Waals surface area contributed by atoms with E-state index in [-0.39, 0.29) is 18.1 Å². The molecule has 10 nitrogen and oxygen atoms in total. The van der Waals surface area contributed by atoms with Gasteiger partial charge in [0.2, 0.25) is 0 Å². The molecule has 0 saturated heterocycles. The van der Waals surface area contributed by atoms with Gasteiger partial charge in [-0.1, -0.05) is 17.7 Å². The van der Waals surface area contributed by atoms with E-state index in [9.17, 15) is 4.79 Å². The molecule has 0 unspecified atom stereocenters. The quantitative estimate of drug-likeness (QED) is 0.447. The number of imidazole rings is 1. The molecule has 5 rings (SSSR count). The maximum atomic E-state index is 13.4. The molecule has 0 fully saturated rings. The van der Waals surface area contributed by atoms with Gasteiger partial charge in [0.05, 0.1) is 34.2 Å². The average Bonchev–Trinajstić information content (AvgIpc) is 3.42. The number of benzene rings is 1. The third kappa shape index (κ3) is 3.07. The number of anilines is 1. The highest BCUT2D eigenvalue weighted by Crippen LogP contribution is 2.23. The fourth-order valence-corrected chi connectivity index (χ4v) is 3.65. The predicted molar refractivity (Wildman–Crippen MR) is 112 cm³/mol. The van der Waals surface area contributed by atoms with Gasteiger partial charge in [-0.05, 0) is 25.1 Å². The van der Waals surface area contributed by atoms with Crippen LogP contribution in [0.15, 0.2) is 54.0 Å². The summed E-state index contributed by atoms with van der Waals surface area (Å²) in [4.78, 5) is 26.7. The first-order chi connectivity index (χ1) is 14.6. The van der Waals surface area contributed by atoms with Crippen molar-refractivity contribution in [2.24, 2.45) is 0 Å². The number of aromatic nitrogens is 8. The molecular weight excluding hydrogens is 406 g/mol. The fourth-order valence-electron chi connectivity index (χ4n) is 3.39. The first-order valence-electron chi connectivity index (χ1n) is 9.20. The minimum Gasteiger partial charge on any atom is -0.357 e. The summed E-state index contributed by atoms with van der Waals surface area (Å²) >= 11 is 6.31. The zero-order valence-corrected chi connectivity index (χ0v) is 16.6. The normalized spacial score (nSPS) is 12.5. The lowest BCUT2D eigenvalue weighted by Gasteiger charge is -2.20.